The molecule has 0 bridgehead atoms. The van der Waals surface area contributed by atoms with E-state index in [2.05, 4.69) is 59.0 Å². The lowest BCUT2D eigenvalue weighted by atomic mass is 9.95. The zero-order valence-electron chi connectivity index (χ0n) is 12.1. The van der Waals surface area contributed by atoms with Gasteiger partial charge in [0.2, 0.25) is 0 Å². The molecule has 2 aromatic carbocycles. The van der Waals surface area contributed by atoms with Gasteiger partial charge in [-0.2, -0.15) is 0 Å². The maximum Gasteiger partial charge on any atom is 0.175 e. The van der Waals surface area contributed by atoms with Crippen molar-refractivity contribution in [3.8, 4) is 0 Å². The van der Waals surface area contributed by atoms with Crippen molar-refractivity contribution < 1.29 is 8.42 Å². The average molecular weight is 422 g/mol. The van der Waals surface area contributed by atoms with Gasteiger partial charge in [0.25, 0.3) is 0 Å². The molecule has 1 aliphatic carbocycles. The third-order valence-corrected chi connectivity index (χ3v) is 5.53. The van der Waals surface area contributed by atoms with Crippen molar-refractivity contribution in [1.82, 2.24) is 0 Å². The summed E-state index contributed by atoms with van der Waals surface area (Å²) in [7, 11) is -3.15. The van der Waals surface area contributed by atoms with E-state index in [1.54, 1.807) is 12.1 Å². The molecule has 0 spiro atoms. The maximum atomic E-state index is 11.6. The molecule has 2 aromatic rings. The van der Waals surface area contributed by atoms with Crippen molar-refractivity contribution in [2.75, 3.05) is 6.26 Å². The summed E-state index contributed by atoms with van der Waals surface area (Å²) >= 11 is 2.30. The summed E-state index contributed by atoms with van der Waals surface area (Å²) in [4.78, 5) is 0.356. The molecule has 0 heterocycles. The summed E-state index contributed by atoms with van der Waals surface area (Å²) in [5.74, 6) is 0. The lowest BCUT2D eigenvalue weighted by molar-refractivity contribution is 0.602. The van der Waals surface area contributed by atoms with Gasteiger partial charge in [-0.25, -0.2) is 8.42 Å². The van der Waals surface area contributed by atoms with E-state index in [9.17, 15) is 8.42 Å². The predicted octanol–water partition coefficient (Wildman–Crippen LogP) is 4.57. The van der Waals surface area contributed by atoms with Crippen molar-refractivity contribution in [1.29, 1.82) is 0 Å². The molecule has 0 atom stereocenters. The van der Waals surface area contributed by atoms with Crippen LogP contribution in [0.3, 0.4) is 0 Å². The van der Waals surface area contributed by atoms with Crippen LogP contribution in [-0.2, 0) is 9.84 Å². The highest BCUT2D eigenvalue weighted by atomic mass is 127. The molecule has 0 aliphatic heterocycles. The Morgan fingerprint density at radius 1 is 0.818 bits per heavy atom. The molecule has 1 aliphatic rings. The van der Waals surface area contributed by atoms with E-state index in [1.165, 1.54) is 26.5 Å². The normalized spacial score (nSPS) is 14.6. The summed E-state index contributed by atoms with van der Waals surface area (Å²) in [5, 5.41) is 0. The standard InChI is InChI=1S/C18H15IO2S/c1-22(20,21)16-11-7-14(8-12-16)18-4-2-3-17(18)13-5-9-15(19)10-6-13/h3-12H,2H2,1H3. The van der Waals surface area contributed by atoms with Crippen LogP contribution >= 0.6 is 22.6 Å². The number of allylic oxidation sites excluding steroid dienone is 4. The fraction of sp³-hybridized carbons (Fsp3) is 0.111. The van der Waals surface area contributed by atoms with Gasteiger partial charge in [-0.15, -0.1) is 0 Å². The number of sulfone groups is 1. The highest BCUT2D eigenvalue weighted by molar-refractivity contribution is 14.1. The first-order valence-electron chi connectivity index (χ1n) is 6.92. The zero-order valence-corrected chi connectivity index (χ0v) is 15.1. The van der Waals surface area contributed by atoms with E-state index in [0.29, 0.717) is 4.90 Å². The van der Waals surface area contributed by atoms with Crippen LogP contribution in [0.2, 0.25) is 0 Å². The summed E-state index contributed by atoms with van der Waals surface area (Å²) in [5.41, 5.74) is 4.62. The van der Waals surface area contributed by atoms with Gasteiger partial charge in [0, 0.05) is 9.83 Å². The molecule has 0 saturated carbocycles. The van der Waals surface area contributed by atoms with E-state index in [0.717, 1.165) is 12.0 Å². The van der Waals surface area contributed by atoms with E-state index < -0.39 is 9.84 Å². The van der Waals surface area contributed by atoms with Crippen molar-refractivity contribution in [2.24, 2.45) is 0 Å². The van der Waals surface area contributed by atoms with Crippen molar-refractivity contribution in [3.63, 3.8) is 0 Å². The Hall–Kier alpha value is -1.40. The molecule has 2 nitrogen and oxygen atoms in total. The molecule has 4 heteroatoms. The second kappa shape index (κ2) is 6.01. The van der Waals surface area contributed by atoms with E-state index in [4.69, 9.17) is 0 Å². The number of hydrogen-bond acceptors (Lipinski definition) is 2. The highest BCUT2D eigenvalue weighted by Gasteiger charge is 2.15. The predicted molar refractivity (Wildman–Crippen MR) is 99.3 cm³/mol. The van der Waals surface area contributed by atoms with Gasteiger partial charge in [-0.3, -0.25) is 0 Å². The fourth-order valence-corrected chi connectivity index (χ4v) is 3.56. The molecule has 0 aromatic heterocycles. The molecule has 22 heavy (non-hydrogen) atoms. The molecular formula is C18H15IO2S. The van der Waals surface area contributed by atoms with Crippen LogP contribution in [0.1, 0.15) is 17.5 Å². The monoisotopic (exact) mass is 422 g/mol. The molecule has 0 radical (unpaired) electrons. The van der Waals surface area contributed by atoms with Crippen LogP contribution in [-0.4, -0.2) is 14.7 Å². The Kier molecular flexibility index (Phi) is 4.23. The Morgan fingerprint density at radius 3 is 1.73 bits per heavy atom. The molecule has 3 rings (SSSR count). The van der Waals surface area contributed by atoms with Crippen LogP contribution in [0.4, 0.5) is 0 Å². The lowest BCUT2D eigenvalue weighted by Crippen LogP contribution is -1.97. The van der Waals surface area contributed by atoms with Crippen molar-refractivity contribution in [2.45, 2.75) is 11.3 Å². The number of rotatable bonds is 3. The number of halogens is 1. The second-order valence-corrected chi connectivity index (χ2v) is 8.54. The third-order valence-electron chi connectivity index (χ3n) is 3.68. The molecule has 0 amide bonds. The van der Waals surface area contributed by atoms with Gasteiger partial charge < -0.3 is 0 Å². The smallest absolute Gasteiger partial charge is 0.175 e. The summed E-state index contributed by atoms with van der Waals surface area (Å²) < 4.78 is 24.3. The third kappa shape index (κ3) is 3.17. The number of hydrogen-bond donors (Lipinski definition) is 0. The van der Waals surface area contributed by atoms with E-state index in [1.807, 2.05) is 12.1 Å². The first-order chi connectivity index (χ1) is 10.4. The largest absolute Gasteiger partial charge is 0.224 e. The van der Waals surface area contributed by atoms with Crippen LogP contribution in [0.25, 0.3) is 11.1 Å². The Balaban J connectivity index is 1.95. The van der Waals surface area contributed by atoms with Crippen LogP contribution < -0.4 is 0 Å². The second-order valence-electron chi connectivity index (χ2n) is 5.27. The number of benzene rings is 2. The van der Waals surface area contributed by atoms with Crippen molar-refractivity contribution >= 4 is 43.6 Å². The van der Waals surface area contributed by atoms with E-state index in [-0.39, 0.29) is 0 Å². The van der Waals surface area contributed by atoms with E-state index >= 15 is 0 Å². The Labute approximate surface area is 144 Å². The minimum Gasteiger partial charge on any atom is -0.224 e. The zero-order chi connectivity index (χ0) is 15.7. The first kappa shape index (κ1) is 15.5. The average Bonchev–Trinajstić information content (AvgIpc) is 2.97. The molecule has 0 fully saturated rings. The van der Waals surface area contributed by atoms with Gasteiger partial charge in [0.15, 0.2) is 9.84 Å². The van der Waals surface area contributed by atoms with Gasteiger partial charge in [0.05, 0.1) is 4.90 Å². The van der Waals surface area contributed by atoms with Gasteiger partial charge in [0.1, 0.15) is 0 Å². The first-order valence-corrected chi connectivity index (χ1v) is 9.89. The topological polar surface area (TPSA) is 34.1 Å². The minimum absolute atomic E-state index is 0.356. The Morgan fingerprint density at radius 2 is 1.27 bits per heavy atom. The molecule has 0 saturated heterocycles. The summed E-state index contributed by atoms with van der Waals surface area (Å²) in [6.45, 7) is 0. The van der Waals surface area contributed by atoms with Crippen LogP contribution in [0.5, 0.6) is 0 Å². The SMILES string of the molecule is CS(=O)(=O)c1ccc(C2=CCC=C2c2ccc(I)cc2)cc1. The molecule has 0 N–H and O–H groups in total. The molecule has 0 unspecified atom stereocenters. The van der Waals surface area contributed by atoms with Crippen LogP contribution in [0, 0.1) is 3.57 Å². The highest BCUT2D eigenvalue weighted by Crippen LogP contribution is 2.36. The summed E-state index contributed by atoms with van der Waals surface area (Å²) in [6.07, 6.45) is 6.53. The minimum atomic E-state index is -3.15. The fourth-order valence-electron chi connectivity index (χ4n) is 2.57. The van der Waals surface area contributed by atoms with Gasteiger partial charge >= 0.3 is 0 Å². The molecular weight excluding hydrogens is 407 g/mol. The van der Waals surface area contributed by atoms with Crippen LogP contribution in [0.15, 0.2) is 65.6 Å². The Bertz CT molecular complexity index is 858. The summed E-state index contributed by atoms with van der Waals surface area (Å²) in [6, 6.07) is 15.6. The van der Waals surface area contributed by atoms with Gasteiger partial charge in [-0.05, 0) is 75.6 Å². The lowest BCUT2D eigenvalue weighted by Gasteiger charge is -2.10. The van der Waals surface area contributed by atoms with Gasteiger partial charge in [-0.1, -0.05) is 36.4 Å². The van der Waals surface area contributed by atoms with Crippen molar-refractivity contribution in [3.05, 3.63) is 75.4 Å². The maximum absolute atomic E-state index is 11.6. The molecule has 112 valence electrons. The quantitative estimate of drug-likeness (QED) is 0.680.